The zero-order valence-electron chi connectivity index (χ0n) is 10.7. The molecule has 1 aliphatic carbocycles. The van der Waals surface area contributed by atoms with Crippen molar-refractivity contribution < 1.29 is 0 Å². The summed E-state index contributed by atoms with van der Waals surface area (Å²) in [6.07, 6.45) is 8.22. The zero-order chi connectivity index (χ0) is 12.1. The number of hydrogen-bond donors (Lipinski definition) is 0. The molecule has 0 N–H and O–H groups in total. The fraction of sp³-hybridized carbons (Fsp3) is 0.625. The molecule has 0 aromatic heterocycles. The number of halogens is 1. The molecular weight excluding hydrogens is 272 g/mol. The van der Waals surface area contributed by atoms with Crippen LogP contribution in [0.4, 0.5) is 0 Å². The van der Waals surface area contributed by atoms with Crippen LogP contribution in [0.15, 0.2) is 30.3 Å². The Labute approximate surface area is 114 Å². The summed E-state index contributed by atoms with van der Waals surface area (Å²) in [4.78, 5) is 0.732. The van der Waals surface area contributed by atoms with Crippen molar-refractivity contribution in [1.82, 2.24) is 0 Å². The van der Waals surface area contributed by atoms with Gasteiger partial charge in [-0.2, -0.15) is 0 Å². The minimum absolute atomic E-state index is 0.732. The predicted molar refractivity (Wildman–Crippen MR) is 78.6 cm³/mol. The first-order valence-corrected chi connectivity index (χ1v) is 7.89. The monoisotopic (exact) mass is 294 g/mol. The summed E-state index contributed by atoms with van der Waals surface area (Å²) in [5.74, 6) is 1.81. The molecule has 3 unspecified atom stereocenters. The Morgan fingerprint density at radius 3 is 2.65 bits per heavy atom. The third kappa shape index (κ3) is 3.84. The van der Waals surface area contributed by atoms with Gasteiger partial charge in [-0.1, -0.05) is 66.0 Å². The van der Waals surface area contributed by atoms with Gasteiger partial charge < -0.3 is 0 Å². The van der Waals surface area contributed by atoms with Crippen LogP contribution in [0.1, 0.15) is 44.6 Å². The van der Waals surface area contributed by atoms with E-state index in [4.69, 9.17) is 0 Å². The first kappa shape index (κ1) is 13.1. The molecule has 1 heteroatoms. The maximum absolute atomic E-state index is 3.89. The van der Waals surface area contributed by atoms with Crippen molar-refractivity contribution in [3.05, 3.63) is 35.9 Å². The molecule has 0 spiro atoms. The Hall–Kier alpha value is -0.300. The van der Waals surface area contributed by atoms with Crippen molar-refractivity contribution in [3.8, 4) is 0 Å². The fourth-order valence-corrected chi connectivity index (χ4v) is 3.79. The van der Waals surface area contributed by atoms with Crippen LogP contribution in [0, 0.1) is 11.8 Å². The Morgan fingerprint density at radius 2 is 1.94 bits per heavy atom. The Morgan fingerprint density at radius 1 is 1.18 bits per heavy atom. The van der Waals surface area contributed by atoms with Gasteiger partial charge in [0.15, 0.2) is 0 Å². The average Bonchev–Trinajstić information content (AvgIpc) is 2.35. The SMILES string of the molecule is CCCC1CCC(Br)C(Cc2ccccc2)C1. The lowest BCUT2D eigenvalue weighted by Crippen LogP contribution is -2.26. The van der Waals surface area contributed by atoms with Gasteiger partial charge in [-0.3, -0.25) is 0 Å². The summed E-state index contributed by atoms with van der Waals surface area (Å²) >= 11 is 3.89. The van der Waals surface area contributed by atoms with Crippen LogP contribution in [0.2, 0.25) is 0 Å². The van der Waals surface area contributed by atoms with E-state index in [0.29, 0.717) is 0 Å². The molecule has 2 rings (SSSR count). The van der Waals surface area contributed by atoms with Crippen molar-refractivity contribution in [2.24, 2.45) is 11.8 Å². The van der Waals surface area contributed by atoms with E-state index in [-0.39, 0.29) is 0 Å². The smallest absolute Gasteiger partial charge is 0.0177 e. The largest absolute Gasteiger partial charge is 0.0888 e. The van der Waals surface area contributed by atoms with E-state index >= 15 is 0 Å². The maximum Gasteiger partial charge on any atom is 0.0177 e. The number of benzene rings is 1. The van der Waals surface area contributed by atoms with Crippen LogP contribution in [-0.2, 0) is 6.42 Å². The molecule has 17 heavy (non-hydrogen) atoms. The average molecular weight is 295 g/mol. The van der Waals surface area contributed by atoms with Crippen LogP contribution in [0.3, 0.4) is 0 Å². The topological polar surface area (TPSA) is 0 Å². The molecule has 3 atom stereocenters. The lowest BCUT2D eigenvalue weighted by molar-refractivity contribution is 0.263. The number of rotatable bonds is 4. The van der Waals surface area contributed by atoms with Gasteiger partial charge in [0.2, 0.25) is 0 Å². The van der Waals surface area contributed by atoms with Crippen LogP contribution in [0.5, 0.6) is 0 Å². The van der Waals surface area contributed by atoms with E-state index in [1.54, 1.807) is 0 Å². The second-order valence-electron chi connectivity index (χ2n) is 5.43. The summed E-state index contributed by atoms with van der Waals surface area (Å²) in [5, 5.41) is 0. The van der Waals surface area contributed by atoms with E-state index in [1.807, 2.05) is 0 Å². The van der Waals surface area contributed by atoms with Gasteiger partial charge in [0.05, 0.1) is 0 Å². The van der Waals surface area contributed by atoms with Gasteiger partial charge in [0.25, 0.3) is 0 Å². The molecular formula is C16H23Br. The van der Waals surface area contributed by atoms with Crippen molar-refractivity contribution in [3.63, 3.8) is 0 Å². The highest BCUT2D eigenvalue weighted by Gasteiger charge is 2.28. The minimum atomic E-state index is 0.732. The van der Waals surface area contributed by atoms with E-state index in [0.717, 1.165) is 16.7 Å². The highest BCUT2D eigenvalue weighted by molar-refractivity contribution is 9.09. The zero-order valence-corrected chi connectivity index (χ0v) is 12.3. The lowest BCUT2D eigenvalue weighted by Gasteiger charge is -2.33. The van der Waals surface area contributed by atoms with Gasteiger partial charge in [0, 0.05) is 4.83 Å². The second kappa shape index (κ2) is 6.58. The van der Waals surface area contributed by atoms with Crippen LogP contribution in [0.25, 0.3) is 0 Å². The molecule has 1 aromatic rings. The molecule has 0 aliphatic heterocycles. The first-order chi connectivity index (χ1) is 8.29. The molecule has 1 aromatic carbocycles. The van der Waals surface area contributed by atoms with Crippen molar-refractivity contribution in [2.75, 3.05) is 0 Å². The van der Waals surface area contributed by atoms with E-state index in [1.165, 1.54) is 44.1 Å². The highest BCUT2D eigenvalue weighted by Crippen LogP contribution is 2.37. The van der Waals surface area contributed by atoms with Crippen LogP contribution in [-0.4, -0.2) is 4.83 Å². The van der Waals surface area contributed by atoms with Crippen molar-refractivity contribution >= 4 is 15.9 Å². The summed E-state index contributed by atoms with van der Waals surface area (Å²) in [6.45, 7) is 2.31. The molecule has 0 radical (unpaired) electrons. The molecule has 1 fully saturated rings. The Kier molecular flexibility index (Phi) is 5.09. The first-order valence-electron chi connectivity index (χ1n) is 6.97. The Bertz CT molecular complexity index is 320. The van der Waals surface area contributed by atoms with Gasteiger partial charge in [-0.25, -0.2) is 0 Å². The second-order valence-corrected chi connectivity index (χ2v) is 6.61. The summed E-state index contributed by atoms with van der Waals surface area (Å²) in [7, 11) is 0. The van der Waals surface area contributed by atoms with Crippen molar-refractivity contribution in [2.45, 2.75) is 50.3 Å². The summed E-state index contributed by atoms with van der Waals surface area (Å²) in [5.41, 5.74) is 1.50. The fourth-order valence-electron chi connectivity index (χ4n) is 3.12. The predicted octanol–water partition coefficient (Wildman–Crippen LogP) is 5.21. The molecule has 0 bridgehead atoms. The van der Waals surface area contributed by atoms with E-state index in [9.17, 15) is 0 Å². The van der Waals surface area contributed by atoms with Crippen LogP contribution >= 0.6 is 15.9 Å². The summed E-state index contributed by atoms with van der Waals surface area (Å²) < 4.78 is 0. The summed E-state index contributed by atoms with van der Waals surface area (Å²) in [6, 6.07) is 11.0. The molecule has 0 heterocycles. The van der Waals surface area contributed by atoms with Gasteiger partial charge in [-0.15, -0.1) is 0 Å². The van der Waals surface area contributed by atoms with Crippen molar-refractivity contribution in [1.29, 1.82) is 0 Å². The highest BCUT2D eigenvalue weighted by atomic mass is 79.9. The third-order valence-corrected chi connectivity index (χ3v) is 5.24. The number of alkyl halides is 1. The Balaban J connectivity index is 1.94. The third-order valence-electron chi connectivity index (χ3n) is 4.04. The molecule has 0 saturated heterocycles. The molecule has 1 aliphatic rings. The van der Waals surface area contributed by atoms with Gasteiger partial charge >= 0.3 is 0 Å². The molecule has 0 nitrogen and oxygen atoms in total. The van der Waals surface area contributed by atoms with Gasteiger partial charge in [-0.05, 0) is 43.1 Å². The molecule has 1 saturated carbocycles. The standard InChI is InChI=1S/C16H23Br/c1-2-6-13-9-10-16(17)15(11-13)12-14-7-4-3-5-8-14/h3-5,7-8,13,15-16H,2,6,9-12H2,1H3. The normalized spacial score (nSPS) is 29.2. The van der Waals surface area contributed by atoms with Crippen LogP contribution < -0.4 is 0 Å². The lowest BCUT2D eigenvalue weighted by atomic mass is 9.77. The molecule has 0 amide bonds. The van der Waals surface area contributed by atoms with E-state index < -0.39 is 0 Å². The molecule has 94 valence electrons. The number of hydrogen-bond acceptors (Lipinski definition) is 0. The van der Waals surface area contributed by atoms with E-state index in [2.05, 4.69) is 53.2 Å². The maximum atomic E-state index is 3.89. The minimum Gasteiger partial charge on any atom is -0.0888 e. The van der Waals surface area contributed by atoms with Gasteiger partial charge in [0.1, 0.15) is 0 Å². The quantitative estimate of drug-likeness (QED) is 0.669.